The van der Waals surface area contributed by atoms with E-state index < -0.39 is 29.7 Å². The molecular formula is C24H24N2O7. The van der Waals surface area contributed by atoms with Gasteiger partial charge in [-0.2, -0.15) is 0 Å². The van der Waals surface area contributed by atoms with E-state index in [2.05, 4.69) is 0 Å². The van der Waals surface area contributed by atoms with E-state index >= 15 is 0 Å². The van der Waals surface area contributed by atoms with Crippen molar-refractivity contribution in [2.24, 2.45) is 5.73 Å². The first-order chi connectivity index (χ1) is 15.7. The number of ketones is 1. The lowest BCUT2D eigenvalue weighted by Crippen LogP contribution is -2.34. The van der Waals surface area contributed by atoms with Gasteiger partial charge in [0.05, 0.1) is 0 Å². The monoisotopic (exact) mass is 452 g/mol. The number of ether oxygens (including phenoxy) is 1. The van der Waals surface area contributed by atoms with E-state index in [0.717, 1.165) is 5.56 Å². The van der Waals surface area contributed by atoms with Gasteiger partial charge in [0.15, 0.2) is 6.10 Å². The van der Waals surface area contributed by atoms with E-state index in [4.69, 9.17) is 15.6 Å². The van der Waals surface area contributed by atoms with E-state index in [1.165, 1.54) is 0 Å². The number of nitrogens with zero attached hydrogens (tertiary/aromatic N) is 1. The van der Waals surface area contributed by atoms with Gasteiger partial charge >= 0.3 is 11.9 Å². The second kappa shape index (κ2) is 9.99. The van der Waals surface area contributed by atoms with Crippen LogP contribution >= 0.6 is 0 Å². The Morgan fingerprint density at radius 3 is 2.36 bits per heavy atom. The molecular weight excluding hydrogens is 428 g/mol. The number of carbonyl (C=O) groups is 4. The number of Topliss-reactive ketones (excluding diaryl/α,β-unsaturated/α-hetero) is 1. The summed E-state index contributed by atoms with van der Waals surface area (Å²) in [7, 11) is 0. The van der Waals surface area contributed by atoms with Crippen LogP contribution in [0, 0.1) is 0 Å². The van der Waals surface area contributed by atoms with E-state index in [-0.39, 0.29) is 30.6 Å². The highest BCUT2D eigenvalue weighted by atomic mass is 16.5. The first kappa shape index (κ1) is 23.5. The van der Waals surface area contributed by atoms with E-state index in [1.54, 1.807) is 19.1 Å². The van der Waals surface area contributed by atoms with Gasteiger partial charge in [0.2, 0.25) is 5.78 Å². The Balaban J connectivity index is 2.05. The molecule has 1 aliphatic rings. The number of carboxylic acids is 2. The fraction of sp³-hybridized carbons (Fsp3) is 0.250. The molecule has 0 spiro atoms. The van der Waals surface area contributed by atoms with E-state index in [9.17, 15) is 24.3 Å². The highest BCUT2D eigenvalue weighted by Crippen LogP contribution is 2.40. The standard InChI is InChI=1S/C24H24N2O7/c1-14-16(22(29)23(25)30)12-17-18(26(14)13-15-6-3-2-4-7-15)8-5-9-19(17)33-20(24(31)32)10-11-21(27)28/h2-9,20H,10-13H2,1H3,(H2,25,30)(H,27,28)(H,31,32). The van der Waals surface area contributed by atoms with Crippen LogP contribution in [0.1, 0.15) is 30.9 Å². The number of rotatable bonds is 10. The molecule has 172 valence electrons. The summed E-state index contributed by atoms with van der Waals surface area (Å²) in [6.45, 7) is 2.11. The summed E-state index contributed by atoms with van der Waals surface area (Å²) in [5, 5.41) is 18.4. The van der Waals surface area contributed by atoms with Crippen LogP contribution in [0.15, 0.2) is 59.8 Å². The third-order valence-electron chi connectivity index (χ3n) is 5.44. The van der Waals surface area contributed by atoms with Crippen LogP contribution < -0.4 is 15.4 Å². The van der Waals surface area contributed by atoms with Crippen molar-refractivity contribution in [3.05, 3.63) is 70.9 Å². The molecule has 9 heteroatoms. The number of fused-ring (bicyclic) bond motifs is 1. The van der Waals surface area contributed by atoms with Crippen LogP contribution in [0.25, 0.3) is 0 Å². The minimum Gasteiger partial charge on any atom is -0.481 e. The topological polar surface area (TPSA) is 147 Å². The highest BCUT2D eigenvalue weighted by Gasteiger charge is 2.32. The molecule has 0 bridgehead atoms. The van der Waals surface area contributed by atoms with Crippen molar-refractivity contribution >= 4 is 29.3 Å². The molecule has 1 atom stereocenters. The summed E-state index contributed by atoms with van der Waals surface area (Å²) < 4.78 is 5.71. The zero-order valence-electron chi connectivity index (χ0n) is 18.0. The predicted molar refractivity (Wildman–Crippen MR) is 119 cm³/mol. The van der Waals surface area contributed by atoms with Crippen LogP contribution in [-0.4, -0.2) is 39.9 Å². The normalized spacial score (nSPS) is 13.8. The maximum atomic E-state index is 12.6. The van der Waals surface area contributed by atoms with Gasteiger partial charge < -0.3 is 25.6 Å². The number of allylic oxidation sites excluding steroid dienone is 1. The molecule has 1 aliphatic heterocycles. The molecule has 9 nitrogen and oxygen atoms in total. The molecule has 0 aliphatic carbocycles. The molecule has 2 aromatic rings. The van der Waals surface area contributed by atoms with Gasteiger partial charge in [0.25, 0.3) is 5.91 Å². The van der Waals surface area contributed by atoms with Crippen molar-refractivity contribution in [3.63, 3.8) is 0 Å². The summed E-state index contributed by atoms with van der Waals surface area (Å²) in [6, 6.07) is 14.6. The number of anilines is 1. The maximum Gasteiger partial charge on any atom is 0.344 e. The molecule has 0 radical (unpaired) electrons. The number of carbonyl (C=O) groups excluding carboxylic acids is 2. The van der Waals surface area contributed by atoms with E-state index in [1.807, 2.05) is 41.3 Å². The van der Waals surface area contributed by atoms with Crippen LogP contribution in [0.4, 0.5) is 5.69 Å². The maximum absolute atomic E-state index is 12.6. The Kier molecular flexibility index (Phi) is 7.12. The van der Waals surface area contributed by atoms with Crippen LogP contribution in [-0.2, 0) is 32.1 Å². The summed E-state index contributed by atoms with van der Waals surface area (Å²) in [4.78, 5) is 48.7. The van der Waals surface area contributed by atoms with Crippen molar-refractivity contribution in [1.82, 2.24) is 0 Å². The molecule has 3 rings (SSSR count). The Labute approximate surface area is 190 Å². The van der Waals surface area contributed by atoms with Crippen LogP contribution in [0.2, 0.25) is 0 Å². The first-order valence-corrected chi connectivity index (χ1v) is 10.3. The summed E-state index contributed by atoms with van der Waals surface area (Å²) >= 11 is 0. The van der Waals surface area contributed by atoms with Gasteiger partial charge in [-0.1, -0.05) is 36.4 Å². The first-order valence-electron chi connectivity index (χ1n) is 10.3. The average molecular weight is 452 g/mol. The van der Waals surface area contributed by atoms with Gasteiger partial charge in [0, 0.05) is 48.3 Å². The van der Waals surface area contributed by atoms with Crippen LogP contribution in [0.5, 0.6) is 5.75 Å². The van der Waals surface area contributed by atoms with Crippen molar-refractivity contribution in [2.75, 3.05) is 4.90 Å². The highest BCUT2D eigenvalue weighted by molar-refractivity contribution is 6.42. The van der Waals surface area contributed by atoms with Gasteiger partial charge in [-0.25, -0.2) is 4.79 Å². The van der Waals surface area contributed by atoms with Crippen molar-refractivity contribution in [2.45, 2.75) is 38.8 Å². The quantitative estimate of drug-likeness (QED) is 0.465. The third kappa shape index (κ3) is 5.38. The lowest BCUT2D eigenvalue weighted by Gasteiger charge is -2.34. The molecule has 0 saturated carbocycles. The number of primary amides is 1. The Bertz CT molecular complexity index is 1120. The third-order valence-corrected chi connectivity index (χ3v) is 5.44. The van der Waals surface area contributed by atoms with Crippen molar-refractivity contribution < 1.29 is 34.1 Å². The molecule has 0 fully saturated rings. The molecule has 2 aromatic carbocycles. The fourth-order valence-corrected chi connectivity index (χ4v) is 3.75. The average Bonchev–Trinajstić information content (AvgIpc) is 2.78. The largest absolute Gasteiger partial charge is 0.481 e. The molecule has 1 unspecified atom stereocenters. The number of nitrogens with two attached hydrogens (primary N) is 1. The van der Waals surface area contributed by atoms with Gasteiger partial charge in [-0.15, -0.1) is 0 Å². The Hall–Kier alpha value is -4.14. The number of hydrogen-bond acceptors (Lipinski definition) is 6. The van der Waals surface area contributed by atoms with Gasteiger partial charge in [0.1, 0.15) is 5.75 Å². The fourth-order valence-electron chi connectivity index (χ4n) is 3.75. The summed E-state index contributed by atoms with van der Waals surface area (Å²) in [5.74, 6) is -4.15. The molecule has 1 amide bonds. The summed E-state index contributed by atoms with van der Waals surface area (Å²) in [6.07, 6.45) is -1.98. The SMILES string of the molecule is CC1=C(C(=O)C(N)=O)Cc2c(OC(CCC(=O)O)C(=O)O)cccc2N1Cc1ccccc1. The smallest absolute Gasteiger partial charge is 0.344 e. The molecule has 1 heterocycles. The Morgan fingerprint density at radius 2 is 1.76 bits per heavy atom. The summed E-state index contributed by atoms with van der Waals surface area (Å²) in [5.41, 5.74) is 8.19. The zero-order chi connectivity index (χ0) is 24.1. The number of hydrogen-bond donors (Lipinski definition) is 3. The molecule has 33 heavy (non-hydrogen) atoms. The van der Waals surface area contributed by atoms with Gasteiger partial charge in [-0.05, 0) is 24.6 Å². The predicted octanol–water partition coefficient (Wildman–Crippen LogP) is 2.27. The van der Waals surface area contributed by atoms with Crippen LogP contribution in [0.3, 0.4) is 0 Å². The molecule has 0 saturated heterocycles. The second-order valence-electron chi connectivity index (χ2n) is 7.64. The van der Waals surface area contributed by atoms with Crippen molar-refractivity contribution in [3.8, 4) is 5.75 Å². The molecule has 4 N–H and O–H groups in total. The number of benzene rings is 2. The van der Waals surface area contributed by atoms with Gasteiger partial charge in [-0.3, -0.25) is 14.4 Å². The number of aliphatic carboxylic acids is 2. The van der Waals surface area contributed by atoms with E-state index in [0.29, 0.717) is 23.5 Å². The number of carboxylic acid groups (broad SMARTS) is 2. The lowest BCUT2D eigenvalue weighted by atomic mass is 9.92. The number of amides is 1. The Morgan fingerprint density at radius 1 is 1.06 bits per heavy atom. The minimum atomic E-state index is -1.39. The lowest BCUT2D eigenvalue weighted by molar-refractivity contribution is -0.146. The second-order valence-corrected chi connectivity index (χ2v) is 7.64. The minimum absolute atomic E-state index is 0.0235. The zero-order valence-corrected chi connectivity index (χ0v) is 18.0. The molecule has 0 aromatic heterocycles. The van der Waals surface area contributed by atoms with Crippen molar-refractivity contribution in [1.29, 1.82) is 0 Å².